The summed E-state index contributed by atoms with van der Waals surface area (Å²) in [5, 5.41) is 33.4. The molecule has 0 bridgehead atoms. The summed E-state index contributed by atoms with van der Waals surface area (Å²) in [5.41, 5.74) is 15.8. The van der Waals surface area contributed by atoms with E-state index < -0.39 is 18.3 Å². The van der Waals surface area contributed by atoms with E-state index in [2.05, 4.69) is 20.1 Å². The van der Waals surface area contributed by atoms with Crippen LogP contribution in [0.25, 0.3) is 20.9 Å². The quantitative estimate of drug-likeness (QED) is 0.306. The number of aliphatic hydroxyl groups excluding tert-OH is 3. The van der Waals surface area contributed by atoms with Gasteiger partial charge in [0.2, 0.25) is 0 Å². The Morgan fingerprint density at radius 1 is 0.929 bits per heavy atom. The maximum absolute atomic E-state index is 9.17. The Kier molecular flexibility index (Phi) is 6.21. The van der Waals surface area contributed by atoms with Gasteiger partial charge in [0, 0.05) is 9.82 Å². The number of hydrogen-bond donors (Lipinski definition) is 3. The van der Waals surface area contributed by atoms with E-state index in [1.54, 1.807) is 0 Å². The number of rotatable bonds is 6. The van der Waals surface area contributed by atoms with Gasteiger partial charge < -0.3 is 15.3 Å². The first-order valence-electron chi connectivity index (χ1n) is 3.69. The van der Waals surface area contributed by atoms with Gasteiger partial charge in [-0.2, -0.15) is 0 Å². The molecule has 0 heterocycles. The van der Waals surface area contributed by atoms with Crippen molar-refractivity contribution in [2.24, 2.45) is 10.2 Å². The second-order valence-electron chi connectivity index (χ2n) is 2.45. The lowest BCUT2D eigenvalue weighted by Crippen LogP contribution is -2.40. The molecule has 9 heteroatoms. The van der Waals surface area contributed by atoms with Crippen molar-refractivity contribution in [1.82, 2.24) is 0 Å². The molecule has 0 aliphatic carbocycles. The lowest BCUT2D eigenvalue weighted by Gasteiger charge is -2.19. The van der Waals surface area contributed by atoms with Gasteiger partial charge in [-0.1, -0.05) is 10.2 Å². The van der Waals surface area contributed by atoms with E-state index >= 15 is 0 Å². The van der Waals surface area contributed by atoms with Crippen LogP contribution in [0.4, 0.5) is 0 Å². The fraction of sp³-hybridized carbons (Fsp3) is 1.00. The predicted molar refractivity (Wildman–Crippen MR) is 46.0 cm³/mol. The van der Waals surface area contributed by atoms with Gasteiger partial charge >= 0.3 is 0 Å². The standard InChI is InChI=1S/C5H10N6O3/c6-10-8-1-3(12)5(14)4(13)2-9-11-7/h3-5,12-14H,1-2H2. The van der Waals surface area contributed by atoms with Gasteiger partial charge in [0.15, 0.2) is 0 Å². The molecule has 2 atom stereocenters. The van der Waals surface area contributed by atoms with E-state index in [0.29, 0.717) is 0 Å². The van der Waals surface area contributed by atoms with Gasteiger partial charge in [0.1, 0.15) is 6.10 Å². The summed E-state index contributed by atoms with van der Waals surface area (Å²) in [6.07, 6.45) is -4.27. The number of azide groups is 2. The smallest absolute Gasteiger partial charge is 0.106 e. The summed E-state index contributed by atoms with van der Waals surface area (Å²) in [4.78, 5) is 4.74. The number of hydrogen-bond acceptors (Lipinski definition) is 5. The highest BCUT2D eigenvalue weighted by atomic mass is 16.4. The van der Waals surface area contributed by atoms with E-state index in [0.717, 1.165) is 0 Å². The molecule has 0 rings (SSSR count). The monoisotopic (exact) mass is 202 g/mol. The SMILES string of the molecule is [N-]=[N+]=NCC(O)C(O)C(O)CN=[N+]=[N-]. The van der Waals surface area contributed by atoms with E-state index in [4.69, 9.17) is 21.3 Å². The van der Waals surface area contributed by atoms with Crippen LogP contribution >= 0.6 is 0 Å². The van der Waals surface area contributed by atoms with Gasteiger partial charge in [0.25, 0.3) is 0 Å². The largest absolute Gasteiger partial charge is 0.390 e. The molecule has 0 aliphatic rings. The van der Waals surface area contributed by atoms with Crippen LogP contribution in [0.3, 0.4) is 0 Å². The van der Waals surface area contributed by atoms with Crippen LogP contribution < -0.4 is 0 Å². The molecule has 0 aromatic rings. The maximum atomic E-state index is 9.17. The molecule has 0 aliphatic heterocycles. The van der Waals surface area contributed by atoms with Crippen molar-refractivity contribution in [3.63, 3.8) is 0 Å². The normalized spacial score (nSPS) is 15.9. The Bertz CT molecular complexity index is 232. The fourth-order valence-electron chi connectivity index (χ4n) is 0.713. The zero-order chi connectivity index (χ0) is 11.0. The van der Waals surface area contributed by atoms with Crippen molar-refractivity contribution in [3.8, 4) is 0 Å². The van der Waals surface area contributed by atoms with Crippen molar-refractivity contribution in [3.05, 3.63) is 20.9 Å². The highest BCUT2D eigenvalue weighted by Crippen LogP contribution is 2.01. The van der Waals surface area contributed by atoms with Gasteiger partial charge in [0.05, 0.1) is 25.3 Å². The molecule has 0 aromatic heterocycles. The van der Waals surface area contributed by atoms with Crippen LogP contribution in [0.2, 0.25) is 0 Å². The highest BCUT2D eigenvalue weighted by molar-refractivity contribution is 4.78. The average molecular weight is 202 g/mol. The van der Waals surface area contributed by atoms with Crippen LogP contribution in [0.1, 0.15) is 0 Å². The molecule has 9 nitrogen and oxygen atoms in total. The molecule has 0 amide bonds. The average Bonchev–Trinajstić information content (AvgIpc) is 2.21. The number of nitrogens with zero attached hydrogens (tertiary/aromatic N) is 6. The minimum Gasteiger partial charge on any atom is -0.390 e. The summed E-state index contributed by atoms with van der Waals surface area (Å²) in [6, 6.07) is 0. The Morgan fingerprint density at radius 2 is 1.29 bits per heavy atom. The van der Waals surface area contributed by atoms with E-state index in [1.807, 2.05) is 0 Å². The van der Waals surface area contributed by atoms with Gasteiger partial charge in [-0.05, 0) is 11.1 Å². The molecule has 2 unspecified atom stereocenters. The Hall–Kier alpha value is -1.50. The van der Waals surface area contributed by atoms with E-state index in [-0.39, 0.29) is 13.1 Å². The third kappa shape index (κ3) is 4.51. The van der Waals surface area contributed by atoms with Crippen molar-refractivity contribution in [1.29, 1.82) is 0 Å². The first kappa shape index (κ1) is 12.5. The summed E-state index contributed by atoms with van der Waals surface area (Å²) in [7, 11) is 0. The second-order valence-corrected chi connectivity index (χ2v) is 2.45. The topological polar surface area (TPSA) is 158 Å². The molecule has 0 saturated heterocycles. The lowest BCUT2D eigenvalue weighted by molar-refractivity contribution is -0.0508. The van der Waals surface area contributed by atoms with E-state index in [1.165, 1.54) is 0 Å². The summed E-state index contributed by atoms with van der Waals surface area (Å²) >= 11 is 0. The molecule has 0 aromatic carbocycles. The lowest BCUT2D eigenvalue weighted by atomic mass is 10.1. The maximum Gasteiger partial charge on any atom is 0.106 e. The third-order valence-electron chi connectivity index (χ3n) is 1.45. The van der Waals surface area contributed by atoms with Crippen LogP contribution in [-0.4, -0.2) is 46.7 Å². The molecule has 14 heavy (non-hydrogen) atoms. The van der Waals surface area contributed by atoms with Crippen LogP contribution in [0.5, 0.6) is 0 Å². The van der Waals surface area contributed by atoms with Gasteiger partial charge in [-0.15, -0.1) is 0 Å². The molecule has 3 N–H and O–H groups in total. The predicted octanol–water partition coefficient (Wildman–Crippen LogP) is -0.310. The molecule has 0 spiro atoms. The minimum atomic E-state index is -1.51. The Morgan fingerprint density at radius 3 is 1.57 bits per heavy atom. The summed E-state index contributed by atoms with van der Waals surface area (Å²) in [5.74, 6) is 0. The zero-order valence-corrected chi connectivity index (χ0v) is 7.17. The summed E-state index contributed by atoms with van der Waals surface area (Å²) < 4.78 is 0. The Labute approximate surface area is 78.8 Å². The molecule has 0 radical (unpaired) electrons. The van der Waals surface area contributed by atoms with Crippen molar-refractivity contribution < 1.29 is 15.3 Å². The van der Waals surface area contributed by atoms with Gasteiger partial charge in [-0.25, -0.2) is 0 Å². The minimum absolute atomic E-state index is 0.356. The van der Waals surface area contributed by atoms with Crippen LogP contribution in [0, 0.1) is 0 Å². The van der Waals surface area contributed by atoms with Gasteiger partial charge in [-0.3, -0.25) is 0 Å². The van der Waals surface area contributed by atoms with Crippen molar-refractivity contribution in [2.75, 3.05) is 13.1 Å². The highest BCUT2D eigenvalue weighted by Gasteiger charge is 2.23. The van der Waals surface area contributed by atoms with Crippen LogP contribution in [0.15, 0.2) is 10.2 Å². The van der Waals surface area contributed by atoms with E-state index in [9.17, 15) is 5.11 Å². The first-order valence-corrected chi connectivity index (χ1v) is 3.69. The third-order valence-corrected chi connectivity index (χ3v) is 1.45. The molecule has 78 valence electrons. The molecular formula is C5H10N6O3. The first-order chi connectivity index (χ1) is 6.63. The Balaban J connectivity index is 4.07. The fourth-order valence-corrected chi connectivity index (χ4v) is 0.713. The van der Waals surface area contributed by atoms with Crippen molar-refractivity contribution in [2.45, 2.75) is 18.3 Å². The zero-order valence-electron chi connectivity index (χ0n) is 7.17. The molecule has 0 saturated carbocycles. The van der Waals surface area contributed by atoms with Crippen LogP contribution in [-0.2, 0) is 0 Å². The van der Waals surface area contributed by atoms with Crippen molar-refractivity contribution >= 4 is 0 Å². The number of aliphatic hydroxyl groups is 3. The summed E-state index contributed by atoms with van der Waals surface area (Å²) in [6.45, 7) is -0.712. The molecular weight excluding hydrogens is 192 g/mol. The molecule has 0 fully saturated rings. The second kappa shape index (κ2) is 6.96.